The van der Waals surface area contributed by atoms with Gasteiger partial charge >= 0.3 is 5.97 Å². The van der Waals surface area contributed by atoms with Gasteiger partial charge < -0.3 is 15.2 Å². The number of carbonyl (C=O) groups is 1. The molecule has 1 saturated carbocycles. The first-order valence-electron chi connectivity index (χ1n) is 11.4. The average molecular weight is 511 g/mol. The van der Waals surface area contributed by atoms with Gasteiger partial charge in [0, 0.05) is 17.3 Å². The van der Waals surface area contributed by atoms with Gasteiger partial charge in [-0.15, -0.1) is 0 Å². The molecule has 0 saturated heterocycles. The van der Waals surface area contributed by atoms with E-state index in [-0.39, 0.29) is 23.9 Å². The van der Waals surface area contributed by atoms with Gasteiger partial charge in [0.2, 0.25) is 0 Å². The standard InChI is InChI=1S/C26H30Cl3NO3/c1-16(15-31)12-17-13-20-21(6-7-22(28)23(20)29)25(17)8-10-26(11-9-25,24(32)33-2)30-19-5-3-4-18(27)14-19/h3-7,14,16-17,30-31H,8-13,15H2,1-2H3/t16-,17?,25?,26?/m1/s1. The van der Waals surface area contributed by atoms with E-state index < -0.39 is 5.54 Å². The number of ether oxygens (including phenoxy) is 1. The number of benzene rings is 2. The Kier molecular flexibility index (Phi) is 7.21. The lowest BCUT2D eigenvalue weighted by Gasteiger charge is -2.47. The maximum absolute atomic E-state index is 13.0. The van der Waals surface area contributed by atoms with Gasteiger partial charge in [0.05, 0.1) is 17.2 Å². The van der Waals surface area contributed by atoms with E-state index in [0.717, 1.165) is 36.9 Å². The summed E-state index contributed by atoms with van der Waals surface area (Å²) in [7, 11) is 1.44. The highest BCUT2D eigenvalue weighted by atomic mass is 35.5. The quantitative estimate of drug-likeness (QED) is 0.426. The third kappa shape index (κ3) is 4.48. The van der Waals surface area contributed by atoms with Crippen molar-refractivity contribution in [3.8, 4) is 0 Å². The molecule has 4 rings (SSSR count). The zero-order valence-corrected chi connectivity index (χ0v) is 21.2. The van der Waals surface area contributed by atoms with E-state index in [4.69, 9.17) is 39.5 Å². The van der Waals surface area contributed by atoms with Crippen LogP contribution in [0.3, 0.4) is 0 Å². The lowest BCUT2D eigenvalue weighted by atomic mass is 9.59. The Labute approximate surface area is 210 Å². The summed E-state index contributed by atoms with van der Waals surface area (Å²) in [6.07, 6.45) is 4.59. The lowest BCUT2D eigenvalue weighted by molar-refractivity contribution is -0.148. The first kappa shape index (κ1) is 24.7. The highest BCUT2D eigenvalue weighted by molar-refractivity contribution is 6.42. The lowest BCUT2D eigenvalue weighted by Crippen LogP contribution is -2.53. The summed E-state index contributed by atoms with van der Waals surface area (Å²) in [6.45, 7) is 2.23. The molecule has 2 aliphatic carbocycles. The molecule has 0 radical (unpaired) electrons. The van der Waals surface area contributed by atoms with E-state index in [2.05, 4.69) is 18.3 Å². The van der Waals surface area contributed by atoms with Crippen LogP contribution in [0, 0.1) is 11.8 Å². The molecule has 178 valence electrons. The number of nitrogens with one attached hydrogen (secondary N) is 1. The number of methoxy groups -OCH3 is 1. The maximum Gasteiger partial charge on any atom is 0.331 e. The van der Waals surface area contributed by atoms with Crippen molar-refractivity contribution in [2.45, 2.75) is 56.4 Å². The van der Waals surface area contributed by atoms with Crippen LogP contribution >= 0.6 is 34.8 Å². The van der Waals surface area contributed by atoms with Gasteiger partial charge in [-0.05, 0) is 91.2 Å². The predicted octanol–water partition coefficient (Wildman–Crippen LogP) is 6.67. The van der Waals surface area contributed by atoms with Gasteiger partial charge in [-0.2, -0.15) is 0 Å². The second-order valence-electron chi connectivity index (χ2n) is 9.68. The monoisotopic (exact) mass is 509 g/mol. The minimum absolute atomic E-state index is 0.111. The van der Waals surface area contributed by atoms with E-state index in [9.17, 15) is 9.90 Å². The molecule has 0 aliphatic heterocycles. The minimum Gasteiger partial charge on any atom is -0.467 e. The molecule has 0 bridgehead atoms. The van der Waals surface area contributed by atoms with Crippen molar-refractivity contribution in [1.82, 2.24) is 0 Å². The molecule has 7 heteroatoms. The summed E-state index contributed by atoms with van der Waals surface area (Å²) in [6, 6.07) is 11.4. The largest absolute Gasteiger partial charge is 0.467 e. The Morgan fingerprint density at radius 2 is 1.91 bits per heavy atom. The van der Waals surface area contributed by atoms with Crippen molar-refractivity contribution in [3.63, 3.8) is 0 Å². The average Bonchev–Trinajstić information content (AvgIpc) is 3.10. The summed E-state index contributed by atoms with van der Waals surface area (Å²) in [4.78, 5) is 13.0. The zero-order chi connectivity index (χ0) is 23.8. The number of anilines is 1. The molecule has 0 aromatic heterocycles. The van der Waals surface area contributed by atoms with Crippen molar-refractivity contribution < 1.29 is 14.6 Å². The van der Waals surface area contributed by atoms with Crippen LogP contribution in [0.4, 0.5) is 5.69 Å². The third-order valence-corrected chi connectivity index (χ3v) is 8.82. The van der Waals surface area contributed by atoms with Crippen LogP contribution in [0.2, 0.25) is 15.1 Å². The minimum atomic E-state index is -0.823. The molecule has 0 amide bonds. The number of esters is 1. The highest BCUT2D eigenvalue weighted by Crippen LogP contribution is 2.57. The third-order valence-electron chi connectivity index (χ3n) is 7.74. The molecule has 1 unspecified atom stereocenters. The van der Waals surface area contributed by atoms with Crippen LogP contribution in [0.25, 0.3) is 0 Å². The Morgan fingerprint density at radius 3 is 2.55 bits per heavy atom. The second-order valence-corrected chi connectivity index (χ2v) is 10.9. The summed E-state index contributed by atoms with van der Waals surface area (Å²) < 4.78 is 5.25. The number of rotatable bonds is 6. The van der Waals surface area contributed by atoms with E-state index >= 15 is 0 Å². The Hall–Kier alpha value is -1.46. The zero-order valence-electron chi connectivity index (χ0n) is 19.0. The predicted molar refractivity (Wildman–Crippen MR) is 134 cm³/mol. The van der Waals surface area contributed by atoms with Gasteiger partial charge in [-0.25, -0.2) is 4.79 Å². The Balaban J connectivity index is 1.69. The van der Waals surface area contributed by atoms with Gasteiger partial charge in [-0.1, -0.05) is 53.9 Å². The molecule has 1 spiro atoms. The van der Waals surface area contributed by atoms with Crippen molar-refractivity contribution in [1.29, 1.82) is 0 Å². The van der Waals surface area contributed by atoms with E-state index in [1.54, 1.807) is 0 Å². The Bertz CT molecular complexity index is 1030. The summed E-state index contributed by atoms with van der Waals surface area (Å²) in [5.41, 5.74) is 2.23. The molecule has 0 heterocycles. The molecule has 2 aromatic rings. The molecule has 2 atom stereocenters. The smallest absolute Gasteiger partial charge is 0.331 e. The summed E-state index contributed by atoms with van der Waals surface area (Å²) in [5.74, 6) is 0.254. The number of hydrogen-bond acceptors (Lipinski definition) is 4. The number of aliphatic hydroxyl groups is 1. The SMILES string of the molecule is COC(=O)C1(Nc2cccc(Cl)c2)CCC2(CC1)c1ccc(Cl)c(Cl)c1CC2C[C@@H](C)CO. The number of hydrogen-bond donors (Lipinski definition) is 2. The molecule has 2 N–H and O–H groups in total. The van der Waals surface area contributed by atoms with Crippen molar-refractivity contribution in [2.75, 3.05) is 19.0 Å². The number of aliphatic hydroxyl groups excluding tert-OH is 1. The Morgan fingerprint density at radius 1 is 1.18 bits per heavy atom. The van der Waals surface area contributed by atoms with Gasteiger partial charge in [0.25, 0.3) is 0 Å². The first-order chi connectivity index (χ1) is 15.7. The molecular formula is C26H30Cl3NO3. The van der Waals surface area contributed by atoms with Crippen molar-refractivity contribution in [3.05, 3.63) is 62.6 Å². The summed E-state index contributed by atoms with van der Waals surface area (Å²) in [5, 5.41) is 15.0. The molecule has 2 aliphatic rings. The van der Waals surface area contributed by atoms with Crippen LogP contribution in [-0.4, -0.2) is 30.3 Å². The maximum atomic E-state index is 13.0. The second kappa shape index (κ2) is 9.65. The fraction of sp³-hybridized carbons (Fsp3) is 0.500. The molecule has 33 heavy (non-hydrogen) atoms. The molecule has 2 aromatic carbocycles. The molecule has 4 nitrogen and oxygen atoms in total. The van der Waals surface area contributed by atoms with Gasteiger partial charge in [-0.3, -0.25) is 0 Å². The van der Waals surface area contributed by atoms with E-state index in [1.807, 2.05) is 30.3 Å². The topological polar surface area (TPSA) is 58.6 Å². The van der Waals surface area contributed by atoms with E-state index in [0.29, 0.717) is 33.8 Å². The molecule has 1 fully saturated rings. The van der Waals surface area contributed by atoms with Crippen LogP contribution in [0.15, 0.2) is 36.4 Å². The highest BCUT2D eigenvalue weighted by Gasteiger charge is 2.54. The number of fused-ring (bicyclic) bond motifs is 2. The number of halogens is 3. The van der Waals surface area contributed by atoms with Crippen molar-refractivity contribution >= 4 is 46.5 Å². The van der Waals surface area contributed by atoms with Crippen molar-refractivity contribution in [2.24, 2.45) is 11.8 Å². The fourth-order valence-corrected chi connectivity index (χ4v) is 6.62. The van der Waals surface area contributed by atoms with Crippen LogP contribution in [0.1, 0.15) is 50.2 Å². The first-order valence-corrected chi connectivity index (χ1v) is 12.6. The summed E-state index contributed by atoms with van der Waals surface area (Å²) >= 11 is 19.2. The molecular weight excluding hydrogens is 481 g/mol. The van der Waals surface area contributed by atoms with Crippen LogP contribution < -0.4 is 5.32 Å². The fourth-order valence-electron chi connectivity index (χ4n) is 6.01. The van der Waals surface area contributed by atoms with Crippen LogP contribution in [-0.2, 0) is 21.4 Å². The van der Waals surface area contributed by atoms with Gasteiger partial charge in [0.1, 0.15) is 5.54 Å². The van der Waals surface area contributed by atoms with Crippen LogP contribution in [0.5, 0.6) is 0 Å². The number of carbonyl (C=O) groups excluding carboxylic acids is 1. The van der Waals surface area contributed by atoms with Gasteiger partial charge in [0.15, 0.2) is 0 Å². The normalized spacial score (nSPS) is 27.3. The van der Waals surface area contributed by atoms with E-state index in [1.165, 1.54) is 12.7 Å².